The zero-order chi connectivity index (χ0) is 8.39. The average molecular weight is 223 g/mol. The van der Waals surface area contributed by atoms with E-state index in [0.717, 1.165) is 16.0 Å². The topological polar surface area (TPSA) is 24.4 Å². The number of para-hydroxylation sites is 2. The van der Waals surface area contributed by atoms with Gasteiger partial charge in [-0.05, 0) is 34.1 Å². The molecule has 1 heterocycles. The van der Waals surface area contributed by atoms with Gasteiger partial charge >= 0.3 is 0 Å². The minimum atomic E-state index is 0.927. The molecule has 0 unspecified atom stereocenters. The van der Waals surface area contributed by atoms with Crippen molar-refractivity contribution >= 4 is 33.5 Å². The largest absolute Gasteiger partial charge is 0.348 e. The van der Waals surface area contributed by atoms with Crippen LogP contribution in [0.3, 0.4) is 0 Å². The average Bonchev–Trinajstić information content (AvgIpc) is 2.25. The molecule has 1 aliphatic heterocycles. The Kier molecular flexibility index (Phi) is 1.96. The summed E-state index contributed by atoms with van der Waals surface area (Å²) in [7, 11) is 0. The van der Waals surface area contributed by atoms with Crippen molar-refractivity contribution in [2.24, 2.45) is 4.99 Å². The lowest BCUT2D eigenvalue weighted by molar-refractivity contribution is 1.51. The summed E-state index contributed by atoms with van der Waals surface area (Å²) in [6.45, 7) is 0. The van der Waals surface area contributed by atoms with Crippen LogP contribution in [0.5, 0.6) is 0 Å². The van der Waals surface area contributed by atoms with E-state index in [1.54, 1.807) is 6.21 Å². The van der Waals surface area contributed by atoms with Gasteiger partial charge in [0.1, 0.15) is 0 Å². The molecule has 1 aromatic rings. The van der Waals surface area contributed by atoms with E-state index in [1.165, 1.54) is 0 Å². The lowest BCUT2D eigenvalue weighted by Gasteiger charge is -2.04. The fraction of sp³-hybridized carbons (Fsp3) is 0. The molecule has 0 saturated heterocycles. The molecule has 0 spiro atoms. The summed E-state index contributed by atoms with van der Waals surface area (Å²) >= 11 is 3.37. The molecule has 0 fully saturated rings. The first-order chi connectivity index (χ1) is 5.86. The number of halogens is 1. The van der Waals surface area contributed by atoms with Crippen LogP contribution in [-0.2, 0) is 0 Å². The van der Waals surface area contributed by atoms with Gasteiger partial charge in [-0.3, -0.25) is 4.99 Å². The van der Waals surface area contributed by atoms with Crippen molar-refractivity contribution in [3.63, 3.8) is 0 Å². The van der Waals surface area contributed by atoms with E-state index in [-0.39, 0.29) is 0 Å². The Labute approximate surface area is 79.1 Å². The van der Waals surface area contributed by atoms with Crippen LogP contribution in [0, 0.1) is 0 Å². The van der Waals surface area contributed by atoms with Crippen LogP contribution in [0.2, 0.25) is 0 Å². The number of benzene rings is 1. The van der Waals surface area contributed by atoms with Gasteiger partial charge in [0.2, 0.25) is 0 Å². The van der Waals surface area contributed by atoms with Gasteiger partial charge in [0.15, 0.2) is 0 Å². The second kappa shape index (κ2) is 3.11. The Bertz CT molecular complexity index is 355. The monoisotopic (exact) mass is 222 g/mol. The third-order valence-electron chi connectivity index (χ3n) is 1.59. The number of allylic oxidation sites excluding steroid dienone is 1. The lowest BCUT2D eigenvalue weighted by atomic mass is 10.3. The molecule has 60 valence electrons. The summed E-state index contributed by atoms with van der Waals surface area (Å²) in [6.07, 6.45) is 3.64. The summed E-state index contributed by atoms with van der Waals surface area (Å²) in [5.41, 5.74) is 1.98. The molecular formula is C9H7BrN2. The van der Waals surface area contributed by atoms with Gasteiger partial charge in [0.05, 0.1) is 16.0 Å². The Balaban J connectivity index is 2.49. The van der Waals surface area contributed by atoms with Crippen molar-refractivity contribution < 1.29 is 0 Å². The highest BCUT2D eigenvalue weighted by Crippen LogP contribution is 2.27. The zero-order valence-electron chi connectivity index (χ0n) is 6.29. The summed E-state index contributed by atoms with van der Waals surface area (Å²) in [6, 6.07) is 7.91. The van der Waals surface area contributed by atoms with E-state index in [4.69, 9.17) is 0 Å². The van der Waals surface area contributed by atoms with Crippen LogP contribution in [0.4, 0.5) is 11.4 Å². The van der Waals surface area contributed by atoms with Crippen LogP contribution < -0.4 is 5.32 Å². The third kappa shape index (κ3) is 1.41. The molecule has 0 radical (unpaired) electrons. The first kappa shape index (κ1) is 7.55. The molecule has 1 aliphatic rings. The minimum absolute atomic E-state index is 0.927. The Hall–Kier alpha value is -1.09. The number of nitrogens with zero attached hydrogens (tertiary/aromatic N) is 1. The second-order valence-corrected chi connectivity index (χ2v) is 3.29. The van der Waals surface area contributed by atoms with Crippen molar-refractivity contribution in [2.75, 3.05) is 5.32 Å². The molecule has 0 atom stereocenters. The maximum atomic E-state index is 4.24. The highest BCUT2D eigenvalue weighted by atomic mass is 79.9. The Morgan fingerprint density at radius 3 is 3.00 bits per heavy atom. The number of fused-ring (bicyclic) bond motifs is 1. The smallest absolute Gasteiger partial charge is 0.0864 e. The summed E-state index contributed by atoms with van der Waals surface area (Å²) in [4.78, 5) is 4.24. The van der Waals surface area contributed by atoms with Crippen molar-refractivity contribution in [3.8, 4) is 0 Å². The number of aliphatic imine (C=N–C) groups is 1. The van der Waals surface area contributed by atoms with Crippen LogP contribution in [0.25, 0.3) is 0 Å². The molecule has 1 N–H and O–H groups in total. The van der Waals surface area contributed by atoms with Crippen LogP contribution >= 0.6 is 15.9 Å². The first-order valence-corrected chi connectivity index (χ1v) is 4.41. The van der Waals surface area contributed by atoms with Crippen molar-refractivity contribution in [1.29, 1.82) is 0 Å². The maximum Gasteiger partial charge on any atom is 0.0864 e. The molecule has 0 saturated carbocycles. The van der Waals surface area contributed by atoms with E-state index >= 15 is 0 Å². The van der Waals surface area contributed by atoms with Gasteiger partial charge in [-0.15, -0.1) is 0 Å². The quantitative estimate of drug-likeness (QED) is 0.671. The molecule has 2 rings (SSSR count). The van der Waals surface area contributed by atoms with E-state index in [0.29, 0.717) is 0 Å². The Morgan fingerprint density at radius 1 is 1.25 bits per heavy atom. The standard InChI is InChI=1S/C9H7BrN2/c10-9-5-6-11-7-3-1-2-4-8(7)12-9/h1-6,12H. The molecule has 0 aliphatic carbocycles. The van der Waals surface area contributed by atoms with Crippen LogP contribution in [-0.4, -0.2) is 6.21 Å². The van der Waals surface area contributed by atoms with Crippen molar-refractivity contribution in [1.82, 2.24) is 0 Å². The lowest BCUT2D eigenvalue weighted by Crippen LogP contribution is -1.90. The van der Waals surface area contributed by atoms with Gasteiger partial charge in [-0.25, -0.2) is 0 Å². The summed E-state index contributed by atoms with van der Waals surface area (Å²) < 4.78 is 0.927. The predicted octanol–water partition coefficient (Wildman–Crippen LogP) is 3.05. The van der Waals surface area contributed by atoms with E-state index in [1.807, 2.05) is 30.3 Å². The van der Waals surface area contributed by atoms with Gasteiger partial charge in [0, 0.05) is 6.21 Å². The summed E-state index contributed by atoms with van der Waals surface area (Å²) in [5.74, 6) is 0. The van der Waals surface area contributed by atoms with Gasteiger partial charge in [-0.1, -0.05) is 12.1 Å². The fourth-order valence-corrected chi connectivity index (χ4v) is 1.38. The maximum absolute atomic E-state index is 4.24. The number of nitrogens with one attached hydrogen (secondary N) is 1. The predicted molar refractivity (Wildman–Crippen MR) is 55.2 cm³/mol. The molecule has 0 amide bonds. The highest BCUT2D eigenvalue weighted by molar-refractivity contribution is 9.11. The van der Waals surface area contributed by atoms with Crippen LogP contribution in [0.15, 0.2) is 39.9 Å². The van der Waals surface area contributed by atoms with Crippen LogP contribution in [0.1, 0.15) is 0 Å². The van der Waals surface area contributed by atoms with Crippen molar-refractivity contribution in [2.45, 2.75) is 0 Å². The number of hydrogen-bond donors (Lipinski definition) is 1. The first-order valence-electron chi connectivity index (χ1n) is 3.62. The molecule has 0 bridgehead atoms. The highest BCUT2D eigenvalue weighted by Gasteiger charge is 2.01. The minimum Gasteiger partial charge on any atom is -0.348 e. The number of hydrogen-bond acceptors (Lipinski definition) is 2. The molecule has 2 nitrogen and oxygen atoms in total. The molecule has 1 aromatic carbocycles. The van der Waals surface area contributed by atoms with Gasteiger partial charge < -0.3 is 5.32 Å². The van der Waals surface area contributed by atoms with E-state index in [9.17, 15) is 0 Å². The van der Waals surface area contributed by atoms with E-state index in [2.05, 4.69) is 26.2 Å². The van der Waals surface area contributed by atoms with Gasteiger partial charge in [-0.2, -0.15) is 0 Å². The van der Waals surface area contributed by atoms with E-state index < -0.39 is 0 Å². The second-order valence-electron chi connectivity index (χ2n) is 2.43. The Morgan fingerprint density at radius 2 is 2.08 bits per heavy atom. The molecule has 12 heavy (non-hydrogen) atoms. The molecule has 0 aromatic heterocycles. The molecular weight excluding hydrogens is 216 g/mol. The normalized spacial score (nSPS) is 14.2. The number of anilines is 1. The number of rotatable bonds is 0. The van der Waals surface area contributed by atoms with Gasteiger partial charge in [0.25, 0.3) is 0 Å². The third-order valence-corrected chi connectivity index (χ3v) is 2.06. The fourth-order valence-electron chi connectivity index (χ4n) is 1.05. The summed E-state index contributed by atoms with van der Waals surface area (Å²) in [5, 5.41) is 3.18. The SMILES string of the molecule is BrC1=CC=Nc2ccccc2N1. The zero-order valence-corrected chi connectivity index (χ0v) is 7.88. The molecule has 3 heteroatoms. The van der Waals surface area contributed by atoms with Crippen molar-refractivity contribution in [3.05, 3.63) is 34.9 Å².